The second kappa shape index (κ2) is 9.91. The van der Waals surface area contributed by atoms with E-state index in [1.807, 2.05) is 13.0 Å². The zero-order valence-corrected chi connectivity index (χ0v) is 22.6. The van der Waals surface area contributed by atoms with Gasteiger partial charge in [-0.05, 0) is 50.7 Å². The number of aromatic nitrogens is 4. The Hall–Kier alpha value is -3.08. The van der Waals surface area contributed by atoms with Gasteiger partial charge in [0.15, 0.2) is 11.6 Å². The molecule has 3 aromatic rings. The van der Waals surface area contributed by atoms with Gasteiger partial charge in [0.05, 0.1) is 54.1 Å². The van der Waals surface area contributed by atoms with Crippen LogP contribution in [0.5, 0.6) is 0 Å². The van der Waals surface area contributed by atoms with Gasteiger partial charge in [-0.15, -0.1) is 0 Å². The first kappa shape index (κ1) is 25.2. The number of nitrogen functional groups attached to an aromatic ring is 1. The number of morpholine rings is 1. The van der Waals surface area contributed by atoms with Crippen LogP contribution < -0.4 is 15.5 Å². The maximum absolute atomic E-state index is 8.95. The second-order valence-corrected chi connectivity index (χ2v) is 11.1. The molecule has 3 N–H and O–H groups in total. The van der Waals surface area contributed by atoms with E-state index in [-0.39, 0.29) is 16.9 Å². The van der Waals surface area contributed by atoms with Gasteiger partial charge >= 0.3 is 0 Å². The molecule has 38 heavy (non-hydrogen) atoms. The van der Waals surface area contributed by atoms with Gasteiger partial charge in [0.1, 0.15) is 17.0 Å². The highest BCUT2D eigenvalue weighted by molar-refractivity contribution is 6.39. The van der Waals surface area contributed by atoms with Crippen LogP contribution in [-0.2, 0) is 9.47 Å². The number of nitrogens with two attached hydrogens (primary N) is 1. The number of benzene rings is 1. The number of aryl methyl sites for hydroxylation is 1. The fourth-order valence-corrected chi connectivity index (χ4v) is 6.19. The van der Waals surface area contributed by atoms with Crippen LogP contribution >= 0.6 is 11.6 Å². The van der Waals surface area contributed by atoms with Crippen molar-refractivity contribution in [1.82, 2.24) is 19.9 Å². The smallest absolute Gasteiger partial charge is 0.154 e. The van der Waals surface area contributed by atoms with Crippen molar-refractivity contribution in [3.63, 3.8) is 0 Å². The Morgan fingerprint density at radius 3 is 2.58 bits per heavy atom. The van der Waals surface area contributed by atoms with E-state index in [0.29, 0.717) is 46.6 Å². The molecule has 2 aromatic heterocycles. The third-order valence-corrected chi connectivity index (χ3v) is 8.45. The molecular formula is C27H33ClN8O2. The molecule has 0 aliphatic carbocycles. The topological polar surface area (TPSA) is 126 Å². The largest absolute Gasteiger partial charge is 0.382 e. The lowest BCUT2D eigenvalue weighted by molar-refractivity contribution is 0.0975. The van der Waals surface area contributed by atoms with Crippen LogP contribution in [0.3, 0.4) is 0 Å². The highest BCUT2D eigenvalue weighted by atomic mass is 35.5. The standard InChI is InChI=1S/C27H33ClN8O2/c1-16-13-27(15-38-16)5-7-36(8-6-27)26-17(2)32-24(25(30)34-26)22(29)18-3-4-19-23(21(18)28)33-20(14-31-19)35-9-11-37-12-10-35/h3-4,14,16,29H,5-13,15H2,1-2H3,(H2,30,34)/t16-/m0/s1. The normalized spacial score (nSPS) is 21.4. The molecule has 1 aromatic carbocycles. The van der Waals surface area contributed by atoms with Crippen molar-refractivity contribution in [3.8, 4) is 0 Å². The lowest BCUT2D eigenvalue weighted by Crippen LogP contribution is -2.41. The summed E-state index contributed by atoms with van der Waals surface area (Å²) in [5, 5.41) is 9.30. The number of fused-ring (bicyclic) bond motifs is 1. The Balaban J connectivity index is 1.26. The minimum atomic E-state index is 0.116. The van der Waals surface area contributed by atoms with Crippen molar-refractivity contribution in [2.24, 2.45) is 5.41 Å². The van der Waals surface area contributed by atoms with E-state index in [0.717, 1.165) is 69.4 Å². The van der Waals surface area contributed by atoms with Crippen LogP contribution in [0.2, 0.25) is 5.02 Å². The predicted molar refractivity (Wildman–Crippen MR) is 149 cm³/mol. The number of hydrogen-bond acceptors (Lipinski definition) is 10. The molecule has 5 heterocycles. The third kappa shape index (κ3) is 4.54. The monoisotopic (exact) mass is 536 g/mol. The SMILES string of the molecule is Cc1nc(C(=N)c2ccc3ncc(N4CCOCC4)nc3c2Cl)c(N)nc1N1CCC2(CC1)CO[C@@H](C)C2. The number of piperidine rings is 1. The fourth-order valence-electron chi connectivity index (χ4n) is 5.90. The molecule has 0 amide bonds. The van der Waals surface area contributed by atoms with Gasteiger partial charge in [0, 0.05) is 31.7 Å². The average molecular weight is 537 g/mol. The quantitative estimate of drug-likeness (QED) is 0.481. The van der Waals surface area contributed by atoms with Crippen LogP contribution in [0.15, 0.2) is 18.3 Å². The van der Waals surface area contributed by atoms with Gasteiger partial charge < -0.3 is 25.0 Å². The maximum atomic E-state index is 8.95. The van der Waals surface area contributed by atoms with Crippen molar-refractivity contribution in [3.05, 3.63) is 40.3 Å². The van der Waals surface area contributed by atoms with E-state index in [2.05, 4.69) is 21.7 Å². The van der Waals surface area contributed by atoms with E-state index in [1.165, 1.54) is 0 Å². The summed E-state index contributed by atoms with van der Waals surface area (Å²) in [5.41, 5.74) is 9.57. The lowest BCUT2D eigenvalue weighted by Gasteiger charge is -2.39. The number of nitrogens with one attached hydrogen (secondary N) is 1. The Labute approximate surface area is 227 Å². The van der Waals surface area contributed by atoms with Crippen molar-refractivity contribution in [2.75, 3.05) is 61.5 Å². The highest BCUT2D eigenvalue weighted by Gasteiger charge is 2.41. The van der Waals surface area contributed by atoms with Crippen molar-refractivity contribution in [2.45, 2.75) is 39.2 Å². The van der Waals surface area contributed by atoms with Gasteiger partial charge in [-0.2, -0.15) is 0 Å². The van der Waals surface area contributed by atoms with Crippen LogP contribution in [0, 0.1) is 17.7 Å². The molecule has 3 fully saturated rings. The highest BCUT2D eigenvalue weighted by Crippen LogP contribution is 2.42. The van der Waals surface area contributed by atoms with Crippen LogP contribution in [0.1, 0.15) is 43.1 Å². The zero-order valence-electron chi connectivity index (χ0n) is 21.8. The summed E-state index contributed by atoms with van der Waals surface area (Å²) in [6.07, 6.45) is 5.34. The molecule has 1 spiro atoms. The molecule has 11 heteroatoms. The summed E-state index contributed by atoms with van der Waals surface area (Å²) in [4.78, 5) is 23.2. The molecule has 0 bridgehead atoms. The molecule has 0 radical (unpaired) electrons. The molecule has 6 rings (SSSR count). The van der Waals surface area contributed by atoms with E-state index in [4.69, 9.17) is 47.2 Å². The van der Waals surface area contributed by atoms with E-state index in [1.54, 1.807) is 12.3 Å². The van der Waals surface area contributed by atoms with Crippen molar-refractivity contribution >= 4 is 45.8 Å². The van der Waals surface area contributed by atoms with Gasteiger partial charge in [0.2, 0.25) is 0 Å². The molecule has 3 aliphatic rings. The Morgan fingerprint density at radius 1 is 1.11 bits per heavy atom. The summed E-state index contributed by atoms with van der Waals surface area (Å²) in [5.74, 6) is 1.75. The summed E-state index contributed by atoms with van der Waals surface area (Å²) < 4.78 is 11.3. The Morgan fingerprint density at radius 2 is 1.87 bits per heavy atom. The fraction of sp³-hybridized carbons (Fsp3) is 0.519. The summed E-state index contributed by atoms with van der Waals surface area (Å²) in [7, 11) is 0. The van der Waals surface area contributed by atoms with Crippen molar-refractivity contribution < 1.29 is 9.47 Å². The lowest BCUT2D eigenvalue weighted by atomic mass is 9.77. The van der Waals surface area contributed by atoms with Crippen LogP contribution in [-0.4, -0.2) is 77.8 Å². The number of hydrogen-bond donors (Lipinski definition) is 2. The first-order valence-corrected chi connectivity index (χ1v) is 13.6. The van der Waals surface area contributed by atoms with Gasteiger partial charge in [-0.3, -0.25) is 10.4 Å². The van der Waals surface area contributed by atoms with Gasteiger partial charge in [0.25, 0.3) is 0 Å². The number of rotatable bonds is 4. The average Bonchev–Trinajstić information content (AvgIpc) is 3.30. The number of halogens is 1. The molecule has 1 atom stereocenters. The van der Waals surface area contributed by atoms with Crippen LogP contribution in [0.4, 0.5) is 17.5 Å². The molecule has 200 valence electrons. The van der Waals surface area contributed by atoms with Crippen LogP contribution in [0.25, 0.3) is 11.0 Å². The molecule has 3 aliphatic heterocycles. The third-order valence-electron chi connectivity index (χ3n) is 8.07. The van der Waals surface area contributed by atoms with Crippen molar-refractivity contribution in [1.29, 1.82) is 5.41 Å². The summed E-state index contributed by atoms with van der Waals surface area (Å²) >= 11 is 6.82. The van der Waals surface area contributed by atoms with E-state index in [9.17, 15) is 0 Å². The number of anilines is 3. The number of nitrogens with zero attached hydrogens (tertiary/aromatic N) is 6. The van der Waals surface area contributed by atoms with Gasteiger partial charge in [-0.1, -0.05) is 11.6 Å². The minimum Gasteiger partial charge on any atom is -0.382 e. The zero-order chi connectivity index (χ0) is 26.4. The predicted octanol–water partition coefficient (Wildman–Crippen LogP) is 3.61. The molecule has 10 nitrogen and oxygen atoms in total. The molecule has 0 saturated carbocycles. The second-order valence-electron chi connectivity index (χ2n) is 10.7. The first-order chi connectivity index (χ1) is 18.3. The minimum absolute atomic E-state index is 0.116. The molecule has 3 saturated heterocycles. The molecule has 0 unspecified atom stereocenters. The maximum Gasteiger partial charge on any atom is 0.154 e. The van der Waals surface area contributed by atoms with E-state index >= 15 is 0 Å². The van der Waals surface area contributed by atoms with E-state index < -0.39 is 0 Å². The summed E-state index contributed by atoms with van der Waals surface area (Å²) in [6, 6.07) is 3.60. The van der Waals surface area contributed by atoms with Gasteiger partial charge in [-0.25, -0.2) is 15.0 Å². The first-order valence-electron chi connectivity index (χ1n) is 13.2. The summed E-state index contributed by atoms with van der Waals surface area (Å²) in [6.45, 7) is 9.50. The Kier molecular flexibility index (Phi) is 6.57. The molecular weight excluding hydrogens is 504 g/mol. The number of ether oxygens (including phenoxy) is 2. The Bertz CT molecular complexity index is 1390.